The Morgan fingerprint density at radius 3 is 2.90 bits per heavy atom. The third kappa shape index (κ3) is 3.09. The molecule has 1 heterocycles. The first kappa shape index (κ1) is 13.9. The first-order valence-corrected chi connectivity index (χ1v) is 6.10. The Kier molecular flexibility index (Phi) is 4.24. The van der Waals surface area contributed by atoms with Crippen LogP contribution < -0.4 is 11.1 Å². The van der Waals surface area contributed by atoms with Crippen molar-refractivity contribution in [3.63, 3.8) is 0 Å². The van der Waals surface area contributed by atoms with Gasteiger partial charge in [-0.15, -0.1) is 10.2 Å². The molecule has 7 nitrogen and oxygen atoms in total. The smallest absolute Gasteiger partial charge is 0.216 e. The third-order valence-corrected chi connectivity index (χ3v) is 2.86. The second-order valence-corrected chi connectivity index (χ2v) is 4.46. The minimum Gasteiger partial charge on any atom is -0.389 e. The van der Waals surface area contributed by atoms with E-state index in [1.807, 2.05) is 6.07 Å². The molecule has 0 unspecified atom stereocenters. The van der Waals surface area contributed by atoms with E-state index >= 15 is 0 Å². The number of tetrazole rings is 1. The number of nitriles is 1. The van der Waals surface area contributed by atoms with Gasteiger partial charge in [-0.1, -0.05) is 23.8 Å². The zero-order valence-corrected chi connectivity index (χ0v) is 11.5. The van der Waals surface area contributed by atoms with Gasteiger partial charge in [0.05, 0.1) is 5.02 Å². The summed E-state index contributed by atoms with van der Waals surface area (Å²) >= 11 is 10.9. The number of aromatic amines is 1. The van der Waals surface area contributed by atoms with Crippen LogP contribution in [-0.4, -0.2) is 25.6 Å². The molecular formula is C11H8ClN7S. The number of nitrogens with two attached hydrogens (primary N) is 1. The number of H-pyrrole nitrogens is 1. The minimum absolute atomic E-state index is 0.200. The van der Waals surface area contributed by atoms with Crippen LogP contribution >= 0.6 is 23.8 Å². The van der Waals surface area contributed by atoms with E-state index in [1.54, 1.807) is 18.2 Å². The molecule has 0 bridgehead atoms. The van der Waals surface area contributed by atoms with Crippen molar-refractivity contribution in [1.29, 1.82) is 5.26 Å². The zero-order valence-electron chi connectivity index (χ0n) is 9.96. The van der Waals surface area contributed by atoms with Crippen LogP contribution in [0.15, 0.2) is 24.4 Å². The van der Waals surface area contributed by atoms with Crippen LogP contribution in [-0.2, 0) is 0 Å². The van der Waals surface area contributed by atoms with Gasteiger partial charge >= 0.3 is 0 Å². The number of aromatic nitrogens is 4. The highest BCUT2D eigenvalue weighted by atomic mass is 35.5. The summed E-state index contributed by atoms with van der Waals surface area (Å²) in [7, 11) is 0. The lowest BCUT2D eigenvalue weighted by atomic mass is 10.2. The molecule has 100 valence electrons. The molecular weight excluding hydrogens is 298 g/mol. The number of allylic oxidation sites excluding steroid dienone is 1. The highest BCUT2D eigenvalue weighted by Gasteiger charge is 2.06. The Morgan fingerprint density at radius 1 is 1.55 bits per heavy atom. The standard InChI is InChI=1S/C11H8ClN7S/c12-9-3-7(1-2-8(9)10(14)20)15-5-6(4-13)11-16-18-19-17-11/h1-3,5,15H,(H2,14,20)(H,16,17,18,19). The van der Waals surface area contributed by atoms with Crippen molar-refractivity contribution >= 4 is 40.1 Å². The number of hydrogen-bond acceptors (Lipinski definition) is 6. The van der Waals surface area contributed by atoms with E-state index < -0.39 is 0 Å². The van der Waals surface area contributed by atoms with Gasteiger partial charge in [-0.3, -0.25) is 0 Å². The molecule has 0 radical (unpaired) electrons. The molecule has 0 atom stereocenters. The van der Waals surface area contributed by atoms with Crippen molar-refractivity contribution in [2.75, 3.05) is 5.32 Å². The topological polar surface area (TPSA) is 116 Å². The summed E-state index contributed by atoms with van der Waals surface area (Å²) in [6, 6.07) is 7.04. The third-order valence-electron chi connectivity index (χ3n) is 2.32. The largest absolute Gasteiger partial charge is 0.389 e. The summed E-state index contributed by atoms with van der Waals surface area (Å²) in [5.74, 6) is 0.200. The highest BCUT2D eigenvalue weighted by molar-refractivity contribution is 7.80. The van der Waals surface area contributed by atoms with Crippen LogP contribution in [0.3, 0.4) is 0 Å². The number of halogens is 1. The van der Waals surface area contributed by atoms with Crippen LogP contribution in [0.1, 0.15) is 11.4 Å². The van der Waals surface area contributed by atoms with Gasteiger partial charge in [0.1, 0.15) is 16.6 Å². The monoisotopic (exact) mass is 305 g/mol. The van der Waals surface area contributed by atoms with Gasteiger partial charge in [0.25, 0.3) is 0 Å². The van der Waals surface area contributed by atoms with Crippen LogP contribution in [0.4, 0.5) is 5.69 Å². The Bertz CT molecular complexity index is 702. The number of benzene rings is 1. The van der Waals surface area contributed by atoms with E-state index in [9.17, 15) is 0 Å². The number of thiocarbonyl (C=S) groups is 1. The Labute approximate surface area is 124 Å². The van der Waals surface area contributed by atoms with Gasteiger partial charge < -0.3 is 11.1 Å². The zero-order chi connectivity index (χ0) is 14.5. The Morgan fingerprint density at radius 2 is 2.35 bits per heavy atom. The normalized spacial score (nSPS) is 10.9. The molecule has 0 aliphatic carbocycles. The lowest BCUT2D eigenvalue weighted by Gasteiger charge is -2.05. The first-order chi connectivity index (χ1) is 9.61. The number of nitrogens with one attached hydrogen (secondary N) is 2. The van der Waals surface area contributed by atoms with Gasteiger partial charge in [0.2, 0.25) is 5.82 Å². The maximum absolute atomic E-state index is 9.01. The molecule has 1 aromatic carbocycles. The highest BCUT2D eigenvalue weighted by Crippen LogP contribution is 2.21. The maximum atomic E-state index is 9.01. The molecule has 20 heavy (non-hydrogen) atoms. The fraction of sp³-hybridized carbons (Fsp3) is 0. The molecule has 4 N–H and O–H groups in total. The van der Waals surface area contributed by atoms with Gasteiger partial charge in [0.15, 0.2) is 0 Å². The maximum Gasteiger partial charge on any atom is 0.216 e. The van der Waals surface area contributed by atoms with E-state index in [0.29, 0.717) is 16.3 Å². The van der Waals surface area contributed by atoms with Crippen LogP contribution in [0.2, 0.25) is 5.02 Å². The van der Waals surface area contributed by atoms with E-state index in [0.717, 1.165) is 0 Å². The average molecular weight is 306 g/mol. The van der Waals surface area contributed by atoms with Crippen LogP contribution in [0, 0.1) is 11.3 Å². The fourth-order valence-corrected chi connectivity index (χ4v) is 1.90. The summed E-state index contributed by atoms with van der Waals surface area (Å²) in [6.45, 7) is 0. The number of hydrogen-bond donors (Lipinski definition) is 3. The summed E-state index contributed by atoms with van der Waals surface area (Å²) in [5, 5.41) is 25.4. The molecule has 0 spiro atoms. The molecule has 0 fully saturated rings. The van der Waals surface area contributed by atoms with E-state index in [1.165, 1.54) is 6.20 Å². The summed E-state index contributed by atoms with van der Waals surface area (Å²) in [4.78, 5) is 0.224. The molecule has 2 rings (SSSR count). The lowest BCUT2D eigenvalue weighted by molar-refractivity contribution is 0.881. The van der Waals surface area contributed by atoms with Crippen LogP contribution in [0.25, 0.3) is 5.57 Å². The van der Waals surface area contributed by atoms with Gasteiger partial charge in [-0.25, -0.2) is 0 Å². The summed E-state index contributed by atoms with van der Waals surface area (Å²) in [6.07, 6.45) is 1.46. The molecule has 0 saturated carbocycles. The SMILES string of the molecule is N#CC(=CNc1ccc(C(N)=S)c(Cl)c1)c1nn[nH]n1. The van der Waals surface area contributed by atoms with E-state index in [2.05, 4.69) is 25.9 Å². The molecule has 1 aromatic heterocycles. The molecule has 0 aliphatic rings. The quantitative estimate of drug-likeness (QED) is 0.578. The second-order valence-electron chi connectivity index (χ2n) is 3.61. The van der Waals surface area contributed by atoms with Crippen molar-refractivity contribution in [3.8, 4) is 6.07 Å². The first-order valence-electron chi connectivity index (χ1n) is 5.32. The van der Waals surface area contributed by atoms with Gasteiger partial charge in [-0.05, 0) is 23.4 Å². The van der Waals surface area contributed by atoms with Crippen molar-refractivity contribution in [1.82, 2.24) is 20.6 Å². The molecule has 2 aromatic rings. The van der Waals surface area contributed by atoms with E-state index in [-0.39, 0.29) is 16.4 Å². The van der Waals surface area contributed by atoms with Gasteiger partial charge in [-0.2, -0.15) is 10.5 Å². The summed E-state index contributed by atoms with van der Waals surface area (Å²) < 4.78 is 0. The molecule has 9 heteroatoms. The molecule has 0 saturated heterocycles. The fourth-order valence-electron chi connectivity index (χ4n) is 1.38. The van der Waals surface area contributed by atoms with Gasteiger partial charge in [0, 0.05) is 17.5 Å². The van der Waals surface area contributed by atoms with E-state index in [4.69, 9.17) is 34.8 Å². The van der Waals surface area contributed by atoms with Crippen LogP contribution in [0.5, 0.6) is 0 Å². The Hall–Kier alpha value is -2.50. The molecule has 0 amide bonds. The van der Waals surface area contributed by atoms with Crippen molar-refractivity contribution in [3.05, 3.63) is 40.8 Å². The number of rotatable bonds is 4. The predicted molar refractivity (Wildman–Crippen MR) is 78.7 cm³/mol. The van der Waals surface area contributed by atoms with Crippen molar-refractivity contribution < 1.29 is 0 Å². The molecule has 0 aliphatic heterocycles. The van der Waals surface area contributed by atoms with Crippen molar-refractivity contribution in [2.45, 2.75) is 0 Å². The average Bonchev–Trinajstić information content (AvgIpc) is 2.93. The second kappa shape index (κ2) is 6.10. The predicted octanol–water partition coefficient (Wildman–Crippen LogP) is 1.46. The van der Waals surface area contributed by atoms with Crippen molar-refractivity contribution in [2.24, 2.45) is 5.73 Å². The Balaban J connectivity index is 2.21. The minimum atomic E-state index is 0.200. The lowest BCUT2D eigenvalue weighted by Crippen LogP contribution is -2.09. The number of anilines is 1. The number of nitrogens with zero attached hydrogens (tertiary/aromatic N) is 4. The summed E-state index contributed by atoms with van der Waals surface area (Å²) in [5.41, 5.74) is 7.01.